The highest BCUT2D eigenvalue weighted by molar-refractivity contribution is 7.96. The van der Waals surface area contributed by atoms with E-state index >= 15 is 0 Å². The summed E-state index contributed by atoms with van der Waals surface area (Å²) in [4.78, 5) is 0. The van der Waals surface area contributed by atoms with Crippen LogP contribution in [-0.4, -0.2) is 17.4 Å². The Balaban J connectivity index is 2.00. The van der Waals surface area contributed by atoms with E-state index in [0.717, 1.165) is 6.42 Å². The molecule has 3 aromatic carbocycles. The Morgan fingerprint density at radius 2 is 1.04 bits per heavy atom. The minimum absolute atomic E-state index is 0.291. The standard InChI is InChI=1S/C22H22OP/c23-17-18-16-22(18)24(19-10-4-1-5-11-19,20-12-6-2-7-13-20)21-14-8-3-9-15-21/h1-15,18,22-23H,16-17H2/q+1. The molecule has 2 atom stereocenters. The van der Waals surface area contributed by atoms with Crippen LogP contribution in [0.1, 0.15) is 6.42 Å². The normalized spacial score (nSPS) is 19.9. The van der Waals surface area contributed by atoms with Crippen molar-refractivity contribution in [2.75, 3.05) is 6.61 Å². The number of hydrogen-bond donors (Lipinski definition) is 1. The van der Waals surface area contributed by atoms with Gasteiger partial charge in [0.2, 0.25) is 0 Å². The molecule has 2 heteroatoms. The lowest BCUT2D eigenvalue weighted by molar-refractivity contribution is 0.277. The Bertz CT molecular complexity index is 689. The van der Waals surface area contributed by atoms with Crippen molar-refractivity contribution < 1.29 is 5.11 Å². The second-order valence-electron chi connectivity index (χ2n) is 6.48. The third-order valence-corrected chi connectivity index (χ3v) is 10.1. The van der Waals surface area contributed by atoms with Crippen molar-refractivity contribution >= 4 is 23.2 Å². The number of rotatable bonds is 5. The van der Waals surface area contributed by atoms with Gasteiger partial charge in [0.25, 0.3) is 0 Å². The molecule has 0 heterocycles. The molecule has 120 valence electrons. The lowest BCUT2D eigenvalue weighted by Crippen LogP contribution is -2.34. The Labute approximate surface area is 144 Å². The van der Waals surface area contributed by atoms with Crippen LogP contribution in [0, 0.1) is 5.92 Å². The molecule has 1 aliphatic carbocycles. The van der Waals surface area contributed by atoms with Gasteiger partial charge < -0.3 is 5.11 Å². The van der Waals surface area contributed by atoms with Gasteiger partial charge in [0.1, 0.15) is 23.2 Å². The molecule has 24 heavy (non-hydrogen) atoms. The first-order valence-corrected chi connectivity index (χ1v) is 10.4. The van der Waals surface area contributed by atoms with Crippen LogP contribution < -0.4 is 15.9 Å². The molecule has 0 aliphatic heterocycles. The van der Waals surface area contributed by atoms with Crippen molar-refractivity contribution in [1.82, 2.24) is 0 Å². The molecular formula is C22H22OP+. The van der Waals surface area contributed by atoms with Gasteiger partial charge >= 0.3 is 0 Å². The molecule has 1 aliphatic rings. The quantitative estimate of drug-likeness (QED) is 0.710. The monoisotopic (exact) mass is 333 g/mol. The van der Waals surface area contributed by atoms with Crippen LogP contribution in [0.4, 0.5) is 0 Å². The van der Waals surface area contributed by atoms with E-state index in [-0.39, 0.29) is 0 Å². The van der Waals surface area contributed by atoms with Gasteiger partial charge in [-0.1, -0.05) is 54.6 Å². The van der Waals surface area contributed by atoms with Crippen molar-refractivity contribution in [2.24, 2.45) is 5.92 Å². The summed E-state index contributed by atoms with van der Waals surface area (Å²) in [6, 6.07) is 32.8. The first-order valence-electron chi connectivity index (χ1n) is 8.54. The summed E-state index contributed by atoms with van der Waals surface area (Å²) < 4.78 is 0. The van der Waals surface area contributed by atoms with Crippen molar-refractivity contribution in [1.29, 1.82) is 0 Å². The summed E-state index contributed by atoms with van der Waals surface area (Å²) >= 11 is 0. The van der Waals surface area contributed by atoms with Crippen LogP contribution in [0.5, 0.6) is 0 Å². The summed E-state index contributed by atoms with van der Waals surface area (Å²) in [5, 5.41) is 14.1. The van der Waals surface area contributed by atoms with E-state index in [1.54, 1.807) is 0 Å². The maximum absolute atomic E-state index is 9.80. The van der Waals surface area contributed by atoms with Gasteiger partial charge in [0, 0.05) is 12.5 Å². The number of benzene rings is 3. The summed E-state index contributed by atoms with van der Waals surface area (Å²) in [6.07, 6.45) is 1.11. The highest BCUT2D eigenvalue weighted by atomic mass is 31.2. The minimum Gasteiger partial charge on any atom is -0.396 e. The lowest BCUT2D eigenvalue weighted by Gasteiger charge is -2.28. The molecule has 1 fully saturated rings. The van der Waals surface area contributed by atoms with Gasteiger partial charge in [-0.15, -0.1) is 0 Å². The molecule has 1 nitrogen and oxygen atoms in total. The molecule has 1 N–H and O–H groups in total. The number of aliphatic hydroxyl groups excluding tert-OH is 1. The van der Waals surface area contributed by atoms with Crippen molar-refractivity contribution in [2.45, 2.75) is 12.1 Å². The largest absolute Gasteiger partial charge is 0.396 e. The predicted molar refractivity (Wildman–Crippen MR) is 104 cm³/mol. The van der Waals surface area contributed by atoms with E-state index in [9.17, 15) is 5.11 Å². The van der Waals surface area contributed by atoms with E-state index in [1.165, 1.54) is 15.9 Å². The Hall–Kier alpha value is -1.95. The van der Waals surface area contributed by atoms with E-state index in [4.69, 9.17) is 0 Å². The smallest absolute Gasteiger partial charge is 0.115 e. The Kier molecular flexibility index (Phi) is 4.22. The second-order valence-corrected chi connectivity index (χ2v) is 10.1. The van der Waals surface area contributed by atoms with Gasteiger partial charge in [-0.2, -0.15) is 0 Å². The van der Waals surface area contributed by atoms with Crippen molar-refractivity contribution in [3.63, 3.8) is 0 Å². The zero-order valence-electron chi connectivity index (χ0n) is 13.6. The summed E-state index contributed by atoms with van der Waals surface area (Å²) in [7, 11) is -1.75. The molecule has 0 saturated heterocycles. The van der Waals surface area contributed by atoms with Crippen molar-refractivity contribution in [3.05, 3.63) is 91.0 Å². The van der Waals surface area contributed by atoms with Gasteiger partial charge in [0.05, 0.1) is 5.66 Å². The average molecular weight is 333 g/mol. The SMILES string of the molecule is OCC1CC1[P+](c1ccccc1)(c1ccccc1)c1ccccc1. The Morgan fingerprint density at radius 1 is 0.667 bits per heavy atom. The molecule has 0 aromatic heterocycles. The first kappa shape index (κ1) is 15.6. The summed E-state index contributed by atoms with van der Waals surface area (Å²) in [5.41, 5.74) is 0.537. The molecular weight excluding hydrogens is 311 g/mol. The maximum Gasteiger partial charge on any atom is 0.115 e. The van der Waals surface area contributed by atoms with E-state index in [0.29, 0.717) is 18.2 Å². The van der Waals surface area contributed by atoms with Crippen molar-refractivity contribution in [3.8, 4) is 0 Å². The number of hydrogen-bond acceptors (Lipinski definition) is 1. The summed E-state index contributed by atoms with van der Waals surface area (Å²) in [6.45, 7) is 0.291. The van der Waals surface area contributed by atoms with Crippen LogP contribution in [0.25, 0.3) is 0 Å². The van der Waals surface area contributed by atoms with E-state index in [1.807, 2.05) is 0 Å². The molecule has 4 rings (SSSR count). The average Bonchev–Trinajstić information content (AvgIpc) is 3.45. The van der Waals surface area contributed by atoms with Crippen LogP contribution in [-0.2, 0) is 0 Å². The molecule has 0 amide bonds. The maximum atomic E-state index is 9.80. The minimum atomic E-state index is -1.75. The van der Waals surface area contributed by atoms with Crippen LogP contribution >= 0.6 is 7.26 Å². The fraction of sp³-hybridized carbons (Fsp3) is 0.182. The van der Waals surface area contributed by atoms with Gasteiger partial charge in [-0.05, 0) is 42.8 Å². The molecule has 0 spiro atoms. The molecule has 0 radical (unpaired) electrons. The highest BCUT2D eigenvalue weighted by Gasteiger charge is 2.62. The zero-order valence-corrected chi connectivity index (χ0v) is 14.5. The summed E-state index contributed by atoms with van der Waals surface area (Å²) in [5.74, 6) is 0.416. The van der Waals surface area contributed by atoms with Crippen LogP contribution in [0.2, 0.25) is 0 Å². The molecule has 0 bridgehead atoms. The van der Waals surface area contributed by atoms with Gasteiger partial charge in [-0.25, -0.2) is 0 Å². The van der Waals surface area contributed by atoms with E-state index in [2.05, 4.69) is 91.0 Å². The predicted octanol–water partition coefficient (Wildman–Crippen LogP) is 3.36. The van der Waals surface area contributed by atoms with E-state index < -0.39 is 7.26 Å². The van der Waals surface area contributed by atoms with Gasteiger partial charge in [-0.3, -0.25) is 0 Å². The topological polar surface area (TPSA) is 20.2 Å². The Morgan fingerprint density at radius 3 is 1.33 bits per heavy atom. The third-order valence-electron chi connectivity index (χ3n) is 5.11. The molecule has 1 saturated carbocycles. The van der Waals surface area contributed by atoms with Crippen LogP contribution in [0.3, 0.4) is 0 Å². The lowest BCUT2D eigenvalue weighted by atomic mass is 10.4. The highest BCUT2D eigenvalue weighted by Crippen LogP contribution is 2.69. The zero-order chi connectivity index (χ0) is 16.4. The first-order chi connectivity index (χ1) is 11.9. The second kappa shape index (κ2) is 6.51. The fourth-order valence-corrected chi connectivity index (χ4v) is 9.20. The molecule has 2 unspecified atom stereocenters. The van der Waals surface area contributed by atoms with Crippen LogP contribution in [0.15, 0.2) is 91.0 Å². The molecule has 3 aromatic rings. The van der Waals surface area contributed by atoms with Gasteiger partial charge in [0.15, 0.2) is 0 Å². The third kappa shape index (κ3) is 2.49. The number of aliphatic hydroxyl groups is 1. The fourth-order valence-electron chi connectivity index (χ4n) is 3.91.